The molecule has 1 aliphatic rings. The van der Waals surface area contributed by atoms with E-state index in [4.69, 9.17) is 0 Å². The summed E-state index contributed by atoms with van der Waals surface area (Å²) in [4.78, 5) is 13.9. The highest BCUT2D eigenvalue weighted by Crippen LogP contribution is 2.21. The van der Waals surface area contributed by atoms with Crippen molar-refractivity contribution >= 4 is 15.7 Å². The third kappa shape index (κ3) is 2.85. The van der Waals surface area contributed by atoms with Crippen LogP contribution in [-0.4, -0.2) is 43.3 Å². The van der Waals surface area contributed by atoms with Crippen molar-refractivity contribution in [1.82, 2.24) is 4.90 Å². The third-order valence-corrected chi connectivity index (χ3v) is 5.42. The first kappa shape index (κ1) is 15.0. The van der Waals surface area contributed by atoms with E-state index in [9.17, 15) is 17.6 Å². The van der Waals surface area contributed by atoms with Crippen LogP contribution in [0, 0.1) is 12.7 Å². The fraction of sp³-hybridized carbons (Fsp3) is 0.500. The smallest absolute Gasteiger partial charge is 0.257 e. The van der Waals surface area contributed by atoms with Gasteiger partial charge in [-0.05, 0) is 31.9 Å². The summed E-state index contributed by atoms with van der Waals surface area (Å²) < 4.78 is 37.1. The molecule has 1 aromatic rings. The van der Waals surface area contributed by atoms with Crippen LogP contribution in [-0.2, 0) is 9.84 Å². The van der Waals surface area contributed by atoms with Crippen LogP contribution in [0.1, 0.15) is 29.3 Å². The summed E-state index contributed by atoms with van der Waals surface area (Å²) in [6, 6.07) is 4.32. The molecule has 0 N–H and O–H groups in total. The molecule has 1 aromatic carbocycles. The van der Waals surface area contributed by atoms with Gasteiger partial charge in [-0.15, -0.1) is 0 Å². The van der Waals surface area contributed by atoms with Crippen molar-refractivity contribution in [3.63, 3.8) is 0 Å². The number of aryl methyl sites for hydroxylation is 1. The Balaban J connectivity index is 2.28. The summed E-state index contributed by atoms with van der Waals surface area (Å²) in [6.45, 7) is 3.74. The van der Waals surface area contributed by atoms with E-state index in [1.807, 2.05) is 0 Å². The van der Waals surface area contributed by atoms with E-state index in [1.54, 1.807) is 26.0 Å². The van der Waals surface area contributed by atoms with Crippen LogP contribution in [0.25, 0.3) is 0 Å². The molecule has 1 aliphatic heterocycles. The van der Waals surface area contributed by atoms with E-state index in [-0.39, 0.29) is 23.1 Å². The molecular formula is C14H18FNO3S. The van der Waals surface area contributed by atoms with Gasteiger partial charge in [-0.25, -0.2) is 12.8 Å². The number of carbonyl (C=O) groups excluding carboxylic acids is 1. The van der Waals surface area contributed by atoms with Gasteiger partial charge < -0.3 is 4.90 Å². The van der Waals surface area contributed by atoms with Crippen molar-refractivity contribution in [2.45, 2.75) is 26.3 Å². The zero-order valence-corrected chi connectivity index (χ0v) is 12.4. The Bertz CT molecular complexity index is 627. The molecule has 110 valence electrons. The van der Waals surface area contributed by atoms with Crippen molar-refractivity contribution in [3.05, 3.63) is 35.1 Å². The van der Waals surface area contributed by atoms with Gasteiger partial charge >= 0.3 is 0 Å². The summed E-state index contributed by atoms with van der Waals surface area (Å²) >= 11 is 0. The lowest BCUT2D eigenvalue weighted by molar-refractivity contribution is 0.0703. The van der Waals surface area contributed by atoms with Gasteiger partial charge in [0.1, 0.15) is 5.82 Å². The van der Waals surface area contributed by atoms with Crippen LogP contribution in [0.3, 0.4) is 0 Å². The number of carbonyl (C=O) groups is 1. The average molecular weight is 299 g/mol. The lowest BCUT2D eigenvalue weighted by Crippen LogP contribution is -2.41. The first-order valence-corrected chi connectivity index (χ1v) is 8.44. The molecular weight excluding hydrogens is 281 g/mol. The zero-order chi connectivity index (χ0) is 14.9. The molecule has 1 atom stereocenters. The van der Waals surface area contributed by atoms with Crippen molar-refractivity contribution in [1.29, 1.82) is 0 Å². The molecule has 0 radical (unpaired) electrons. The monoisotopic (exact) mass is 299 g/mol. The summed E-state index contributed by atoms with van der Waals surface area (Å²) in [7, 11) is -3.07. The molecule has 0 aromatic heterocycles. The van der Waals surface area contributed by atoms with E-state index in [2.05, 4.69) is 0 Å². The van der Waals surface area contributed by atoms with Gasteiger partial charge in [-0.3, -0.25) is 4.79 Å². The molecule has 4 nitrogen and oxygen atoms in total. The van der Waals surface area contributed by atoms with Gasteiger partial charge in [-0.2, -0.15) is 0 Å². The number of halogens is 1. The van der Waals surface area contributed by atoms with Crippen LogP contribution in [0.4, 0.5) is 4.39 Å². The van der Waals surface area contributed by atoms with Gasteiger partial charge in [0.15, 0.2) is 9.84 Å². The predicted octanol–water partition coefficient (Wildman–Crippen LogP) is 1.78. The average Bonchev–Trinajstić information content (AvgIpc) is 2.74. The standard InChI is InChI=1S/C14H18FNO3S/c1-3-16(11-7-8-20(18,19)9-11)14(17)12-6-4-5-10(2)13(12)15/h4-6,11H,3,7-9H2,1-2H3. The van der Waals surface area contributed by atoms with Crippen molar-refractivity contribution in [3.8, 4) is 0 Å². The maximum Gasteiger partial charge on any atom is 0.257 e. The molecule has 1 unspecified atom stereocenters. The largest absolute Gasteiger partial charge is 0.335 e. The molecule has 1 heterocycles. The molecule has 0 saturated carbocycles. The third-order valence-electron chi connectivity index (χ3n) is 3.67. The number of hydrogen-bond acceptors (Lipinski definition) is 3. The first-order chi connectivity index (χ1) is 9.35. The molecule has 0 bridgehead atoms. The fourth-order valence-electron chi connectivity index (χ4n) is 2.56. The highest BCUT2D eigenvalue weighted by Gasteiger charge is 2.34. The second kappa shape index (κ2) is 5.52. The van der Waals surface area contributed by atoms with Crippen LogP contribution < -0.4 is 0 Å². The summed E-state index contributed by atoms with van der Waals surface area (Å²) in [5.74, 6) is -0.898. The number of hydrogen-bond donors (Lipinski definition) is 0. The number of rotatable bonds is 3. The maximum atomic E-state index is 14.0. The second-order valence-electron chi connectivity index (χ2n) is 5.08. The number of sulfone groups is 1. The van der Waals surface area contributed by atoms with E-state index in [0.29, 0.717) is 18.5 Å². The zero-order valence-electron chi connectivity index (χ0n) is 11.6. The van der Waals surface area contributed by atoms with Gasteiger partial charge in [0.25, 0.3) is 5.91 Å². The summed E-state index contributed by atoms with van der Waals surface area (Å²) in [5.41, 5.74) is 0.419. The van der Waals surface area contributed by atoms with Gasteiger partial charge in [-0.1, -0.05) is 12.1 Å². The van der Waals surface area contributed by atoms with Gasteiger partial charge in [0.2, 0.25) is 0 Å². The van der Waals surface area contributed by atoms with E-state index in [1.165, 1.54) is 11.0 Å². The van der Waals surface area contributed by atoms with Crippen molar-refractivity contribution in [2.75, 3.05) is 18.1 Å². The Hall–Kier alpha value is -1.43. The molecule has 20 heavy (non-hydrogen) atoms. The quantitative estimate of drug-likeness (QED) is 0.855. The fourth-order valence-corrected chi connectivity index (χ4v) is 4.29. The molecule has 1 saturated heterocycles. The summed E-state index contributed by atoms with van der Waals surface area (Å²) in [5, 5.41) is 0. The number of nitrogens with zero attached hydrogens (tertiary/aromatic N) is 1. The first-order valence-electron chi connectivity index (χ1n) is 6.62. The highest BCUT2D eigenvalue weighted by atomic mass is 32.2. The van der Waals surface area contributed by atoms with Gasteiger partial charge in [0.05, 0.1) is 17.1 Å². The Labute approximate surface area is 118 Å². The molecule has 0 spiro atoms. The minimum Gasteiger partial charge on any atom is -0.335 e. The second-order valence-corrected chi connectivity index (χ2v) is 7.31. The summed E-state index contributed by atoms with van der Waals surface area (Å²) in [6.07, 6.45) is 0.426. The molecule has 0 aliphatic carbocycles. The van der Waals surface area contributed by atoms with E-state index in [0.717, 1.165) is 0 Å². The van der Waals surface area contributed by atoms with Crippen LogP contribution >= 0.6 is 0 Å². The van der Waals surface area contributed by atoms with Crippen molar-refractivity contribution in [2.24, 2.45) is 0 Å². The minimum atomic E-state index is -3.07. The Morgan fingerprint density at radius 1 is 1.45 bits per heavy atom. The topological polar surface area (TPSA) is 54.5 Å². The Morgan fingerprint density at radius 3 is 2.70 bits per heavy atom. The predicted molar refractivity (Wildman–Crippen MR) is 74.9 cm³/mol. The van der Waals surface area contributed by atoms with Crippen LogP contribution in [0.15, 0.2) is 18.2 Å². The number of benzene rings is 1. The van der Waals surface area contributed by atoms with Crippen LogP contribution in [0.2, 0.25) is 0 Å². The minimum absolute atomic E-state index is 0.0103. The lowest BCUT2D eigenvalue weighted by Gasteiger charge is -2.27. The highest BCUT2D eigenvalue weighted by molar-refractivity contribution is 7.91. The van der Waals surface area contributed by atoms with E-state index >= 15 is 0 Å². The molecule has 2 rings (SSSR count). The molecule has 1 fully saturated rings. The van der Waals surface area contributed by atoms with Crippen molar-refractivity contribution < 1.29 is 17.6 Å². The maximum absolute atomic E-state index is 14.0. The number of amides is 1. The Kier molecular flexibility index (Phi) is 4.13. The molecule has 6 heteroatoms. The van der Waals surface area contributed by atoms with E-state index < -0.39 is 21.6 Å². The SMILES string of the molecule is CCN(C(=O)c1cccc(C)c1F)C1CCS(=O)(=O)C1. The normalized spacial score (nSPS) is 20.9. The Morgan fingerprint density at radius 2 is 2.15 bits per heavy atom. The van der Waals surface area contributed by atoms with Crippen LogP contribution in [0.5, 0.6) is 0 Å². The molecule has 1 amide bonds. The van der Waals surface area contributed by atoms with Gasteiger partial charge in [0, 0.05) is 12.6 Å². The lowest BCUT2D eigenvalue weighted by atomic mass is 10.1.